The number of rotatable bonds is 9. The van der Waals surface area contributed by atoms with E-state index in [0.29, 0.717) is 45.7 Å². The number of halogens is 1. The first-order valence-corrected chi connectivity index (χ1v) is 11.5. The second-order valence-electron chi connectivity index (χ2n) is 6.42. The van der Waals surface area contributed by atoms with Crippen molar-refractivity contribution in [3.05, 3.63) is 33.6 Å². The molecule has 0 bridgehead atoms. The van der Waals surface area contributed by atoms with E-state index >= 15 is 0 Å². The van der Waals surface area contributed by atoms with E-state index < -0.39 is 10.0 Å². The molecule has 0 aliphatic heterocycles. The lowest BCUT2D eigenvalue weighted by molar-refractivity contribution is 0.481. The van der Waals surface area contributed by atoms with Gasteiger partial charge in [-0.3, -0.25) is 9.36 Å². The van der Waals surface area contributed by atoms with E-state index in [1.54, 1.807) is 22.8 Å². The summed E-state index contributed by atoms with van der Waals surface area (Å²) in [6, 6.07) is 5.07. The molecule has 1 aromatic carbocycles. The highest BCUT2D eigenvalue weighted by atomic mass is 35.5. The van der Waals surface area contributed by atoms with Crippen LogP contribution in [0.4, 0.5) is 0 Å². The SMILES string of the molecule is CNS(=O)(=O)CCCSc1nc2cc(Cl)ccc2c(=O)n1CCC(C)C. The highest BCUT2D eigenvalue weighted by molar-refractivity contribution is 7.99. The Kier molecular flexibility index (Phi) is 7.52. The number of hydrogen-bond donors (Lipinski definition) is 1. The molecule has 26 heavy (non-hydrogen) atoms. The molecule has 0 amide bonds. The molecular formula is C17H24ClN3O3S2. The minimum atomic E-state index is -3.22. The summed E-state index contributed by atoms with van der Waals surface area (Å²) in [5, 5.41) is 1.67. The zero-order valence-electron chi connectivity index (χ0n) is 15.2. The predicted molar refractivity (Wildman–Crippen MR) is 109 cm³/mol. The molecule has 0 saturated carbocycles. The summed E-state index contributed by atoms with van der Waals surface area (Å²) in [4.78, 5) is 17.5. The van der Waals surface area contributed by atoms with Crippen LogP contribution in [-0.4, -0.2) is 36.5 Å². The molecule has 6 nitrogen and oxygen atoms in total. The topological polar surface area (TPSA) is 81.1 Å². The Morgan fingerprint density at radius 3 is 2.73 bits per heavy atom. The van der Waals surface area contributed by atoms with Gasteiger partial charge in [0.25, 0.3) is 5.56 Å². The smallest absolute Gasteiger partial charge is 0.262 e. The van der Waals surface area contributed by atoms with E-state index in [9.17, 15) is 13.2 Å². The molecule has 0 unspecified atom stereocenters. The first kappa shape index (κ1) is 21.2. The number of hydrogen-bond acceptors (Lipinski definition) is 5. The summed E-state index contributed by atoms with van der Waals surface area (Å²) in [7, 11) is -1.82. The summed E-state index contributed by atoms with van der Waals surface area (Å²) in [5.41, 5.74) is 0.478. The monoisotopic (exact) mass is 417 g/mol. The Bertz CT molecular complexity index is 927. The predicted octanol–water partition coefficient (Wildman–Crippen LogP) is 3.13. The van der Waals surface area contributed by atoms with Crippen LogP contribution in [0.1, 0.15) is 26.7 Å². The van der Waals surface area contributed by atoms with Crippen LogP contribution in [0.25, 0.3) is 10.9 Å². The summed E-state index contributed by atoms with van der Waals surface area (Å²) in [6.45, 7) is 4.79. The minimum Gasteiger partial charge on any atom is -0.287 e. The minimum absolute atomic E-state index is 0.0478. The molecule has 0 atom stereocenters. The van der Waals surface area contributed by atoms with Crippen molar-refractivity contribution in [2.75, 3.05) is 18.6 Å². The molecule has 1 aromatic heterocycles. The number of sulfonamides is 1. The van der Waals surface area contributed by atoms with Crippen molar-refractivity contribution < 1.29 is 8.42 Å². The van der Waals surface area contributed by atoms with E-state index in [0.717, 1.165) is 6.42 Å². The standard InChI is InChI=1S/C17H24ClN3O3S2/c1-12(2)7-8-21-16(22)14-6-5-13(18)11-15(14)20-17(21)25-9-4-10-26(23,24)19-3/h5-6,11-12,19H,4,7-10H2,1-3H3. The van der Waals surface area contributed by atoms with Gasteiger partial charge in [0.05, 0.1) is 16.7 Å². The van der Waals surface area contributed by atoms with Crippen LogP contribution >= 0.6 is 23.4 Å². The largest absolute Gasteiger partial charge is 0.287 e. The Balaban J connectivity index is 2.29. The molecular weight excluding hydrogens is 394 g/mol. The van der Waals surface area contributed by atoms with Crippen molar-refractivity contribution in [3.8, 4) is 0 Å². The molecule has 0 saturated heterocycles. The van der Waals surface area contributed by atoms with Gasteiger partial charge in [0, 0.05) is 17.3 Å². The van der Waals surface area contributed by atoms with Crippen LogP contribution in [0, 0.1) is 5.92 Å². The fraction of sp³-hybridized carbons (Fsp3) is 0.529. The van der Waals surface area contributed by atoms with Gasteiger partial charge in [-0.15, -0.1) is 0 Å². The maximum atomic E-state index is 12.9. The van der Waals surface area contributed by atoms with E-state index in [-0.39, 0.29) is 11.3 Å². The summed E-state index contributed by atoms with van der Waals surface area (Å²) >= 11 is 7.43. The molecule has 1 heterocycles. The lowest BCUT2D eigenvalue weighted by atomic mass is 10.1. The Hall–Kier alpha value is -1.09. The molecule has 2 rings (SSSR count). The molecule has 144 valence electrons. The van der Waals surface area contributed by atoms with Crippen LogP contribution in [0.3, 0.4) is 0 Å². The molecule has 0 fully saturated rings. The van der Waals surface area contributed by atoms with Gasteiger partial charge < -0.3 is 0 Å². The highest BCUT2D eigenvalue weighted by Crippen LogP contribution is 2.22. The van der Waals surface area contributed by atoms with Gasteiger partial charge in [-0.05, 0) is 44.0 Å². The third-order valence-corrected chi connectivity index (χ3v) is 6.66. The van der Waals surface area contributed by atoms with Gasteiger partial charge in [-0.1, -0.05) is 37.2 Å². The lowest BCUT2D eigenvalue weighted by Gasteiger charge is -2.14. The highest BCUT2D eigenvalue weighted by Gasteiger charge is 2.13. The molecule has 0 radical (unpaired) electrons. The zero-order valence-corrected chi connectivity index (χ0v) is 17.5. The molecule has 2 aromatic rings. The van der Waals surface area contributed by atoms with Crippen LogP contribution in [0.2, 0.25) is 5.02 Å². The summed E-state index contributed by atoms with van der Waals surface area (Å²) < 4.78 is 27.0. The molecule has 0 aliphatic rings. The average molecular weight is 418 g/mol. The van der Waals surface area contributed by atoms with Gasteiger partial charge in [0.15, 0.2) is 5.16 Å². The molecule has 9 heteroatoms. The first-order chi connectivity index (χ1) is 12.2. The maximum absolute atomic E-state index is 12.9. The van der Waals surface area contributed by atoms with E-state index in [1.165, 1.54) is 18.8 Å². The van der Waals surface area contributed by atoms with Crippen molar-refractivity contribution >= 4 is 44.3 Å². The fourth-order valence-corrected chi connectivity index (χ4v) is 4.42. The van der Waals surface area contributed by atoms with Gasteiger partial charge in [0.1, 0.15) is 0 Å². The van der Waals surface area contributed by atoms with Crippen molar-refractivity contribution in [1.82, 2.24) is 14.3 Å². The Morgan fingerprint density at radius 1 is 1.35 bits per heavy atom. The van der Waals surface area contributed by atoms with Crippen LogP contribution in [0.5, 0.6) is 0 Å². The Labute approximate surface area is 163 Å². The summed E-state index contributed by atoms with van der Waals surface area (Å²) in [5.74, 6) is 1.06. The Morgan fingerprint density at radius 2 is 2.08 bits per heavy atom. The van der Waals surface area contributed by atoms with Crippen LogP contribution in [-0.2, 0) is 16.6 Å². The third kappa shape index (κ3) is 5.70. The first-order valence-electron chi connectivity index (χ1n) is 8.47. The van der Waals surface area contributed by atoms with Gasteiger partial charge in [-0.25, -0.2) is 18.1 Å². The quantitative estimate of drug-likeness (QED) is 0.385. The second-order valence-corrected chi connectivity index (χ2v) is 9.96. The number of benzene rings is 1. The van der Waals surface area contributed by atoms with E-state index in [4.69, 9.17) is 11.6 Å². The van der Waals surface area contributed by atoms with Gasteiger partial charge >= 0.3 is 0 Å². The van der Waals surface area contributed by atoms with Crippen molar-refractivity contribution in [1.29, 1.82) is 0 Å². The van der Waals surface area contributed by atoms with E-state index in [1.807, 2.05) is 0 Å². The fourth-order valence-electron chi connectivity index (χ4n) is 2.38. The molecule has 0 spiro atoms. The second kappa shape index (κ2) is 9.21. The number of thioether (sulfide) groups is 1. The van der Waals surface area contributed by atoms with Crippen molar-refractivity contribution in [2.45, 2.75) is 38.4 Å². The van der Waals surface area contributed by atoms with Crippen LogP contribution in [0.15, 0.2) is 28.2 Å². The maximum Gasteiger partial charge on any atom is 0.262 e. The zero-order chi connectivity index (χ0) is 19.3. The number of nitrogens with zero attached hydrogens (tertiary/aromatic N) is 2. The molecule has 1 N–H and O–H groups in total. The normalized spacial score (nSPS) is 12.2. The van der Waals surface area contributed by atoms with Crippen molar-refractivity contribution in [3.63, 3.8) is 0 Å². The van der Waals surface area contributed by atoms with Crippen LogP contribution < -0.4 is 10.3 Å². The van der Waals surface area contributed by atoms with Gasteiger partial charge in [-0.2, -0.15) is 0 Å². The van der Waals surface area contributed by atoms with E-state index in [2.05, 4.69) is 23.6 Å². The number of nitrogens with one attached hydrogen (secondary N) is 1. The van der Waals surface area contributed by atoms with Gasteiger partial charge in [0.2, 0.25) is 10.0 Å². The number of aromatic nitrogens is 2. The lowest BCUT2D eigenvalue weighted by Crippen LogP contribution is -2.24. The summed E-state index contributed by atoms with van der Waals surface area (Å²) in [6.07, 6.45) is 1.34. The third-order valence-electron chi connectivity index (χ3n) is 3.91. The number of fused-ring (bicyclic) bond motifs is 1. The van der Waals surface area contributed by atoms with Crippen molar-refractivity contribution in [2.24, 2.45) is 5.92 Å². The molecule has 0 aliphatic carbocycles. The average Bonchev–Trinajstić information content (AvgIpc) is 2.57.